The zero-order chi connectivity index (χ0) is 26.6. The Hall–Kier alpha value is -3.84. The van der Waals surface area contributed by atoms with Gasteiger partial charge in [-0.3, -0.25) is 9.59 Å². The number of nitrogens with one attached hydrogen (secondary N) is 2. The lowest BCUT2D eigenvalue weighted by atomic mass is 10.0. The minimum Gasteiger partial charge on any atom is -0.490 e. The van der Waals surface area contributed by atoms with E-state index >= 15 is 0 Å². The van der Waals surface area contributed by atoms with Gasteiger partial charge in [-0.2, -0.15) is 5.10 Å². The van der Waals surface area contributed by atoms with Gasteiger partial charge in [0.15, 0.2) is 11.5 Å². The summed E-state index contributed by atoms with van der Waals surface area (Å²) < 4.78 is 11.7. The SMILES string of the molecule is CCOc1cc(C=NNC(=O)C(CC(C)C)NC(=O)c2ccc(Cl)cc2)ccc1OCc1ccccc1. The van der Waals surface area contributed by atoms with Gasteiger partial charge < -0.3 is 14.8 Å². The van der Waals surface area contributed by atoms with Crippen molar-refractivity contribution in [2.24, 2.45) is 11.0 Å². The van der Waals surface area contributed by atoms with Crippen LogP contribution >= 0.6 is 11.6 Å². The molecule has 7 nitrogen and oxygen atoms in total. The van der Waals surface area contributed by atoms with Crippen LogP contribution in [0.15, 0.2) is 77.9 Å². The molecule has 0 aromatic heterocycles. The van der Waals surface area contributed by atoms with Crippen LogP contribution < -0.4 is 20.2 Å². The standard InChI is InChI=1S/C29H32ClN3O4/c1-4-36-27-17-22(10-15-26(27)37-19-21-8-6-5-7-9-21)18-31-33-29(35)25(16-20(2)3)32-28(34)23-11-13-24(30)14-12-23/h5-15,17-18,20,25H,4,16,19H2,1-3H3,(H,32,34)(H,33,35). The van der Waals surface area contributed by atoms with Crippen LogP contribution in [0.1, 0.15) is 48.7 Å². The predicted octanol–water partition coefficient (Wildman–Crippen LogP) is 5.61. The lowest BCUT2D eigenvalue weighted by Crippen LogP contribution is -2.46. The number of amides is 2. The van der Waals surface area contributed by atoms with Gasteiger partial charge in [-0.15, -0.1) is 0 Å². The summed E-state index contributed by atoms with van der Waals surface area (Å²) in [6, 6.07) is 21.1. The third-order valence-electron chi connectivity index (χ3n) is 5.33. The largest absolute Gasteiger partial charge is 0.490 e. The second-order valence-electron chi connectivity index (χ2n) is 8.81. The normalized spacial score (nSPS) is 11.8. The molecule has 8 heteroatoms. The van der Waals surface area contributed by atoms with E-state index in [0.717, 1.165) is 11.1 Å². The first-order chi connectivity index (χ1) is 17.9. The van der Waals surface area contributed by atoms with Gasteiger partial charge in [-0.1, -0.05) is 55.8 Å². The maximum absolute atomic E-state index is 12.8. The first kappa shape index (κ1) is 27.7. The molecule has 0 saturated heterocycles. The molecule has 2 amide bonds. The highest BCUT2D eigenvalue weighted by molar-refractivity contribution is 6.30. The minimum atomic E-state index is -0.743. The fraction of sp³-hybridized carbons (Fsp3) is 0.276. The highest BCUT2D eigenvalue weighted by Crippen LogP contribution is 2.29. The molecule has 0 spiro atoms. The van der Waals surface area contributed by atoms with Crippen LogP contribution in [0.5, 0.6) is 11.5 Å². The van der Waals surface area contributed by atoms with Crippen molar-refractivity contribution in [3.05, 3.63) is 94.5 Å². The van der Waals surface area contributed by atoms with E-state index in [2.05, 4.69) is 15.8 Å². The Morgan fingerprint density at radius 3 is 2.38 bits per heavy atom. The van der Waals surface area contributed by atoms with E-state index in [-0.39, 0.29) is 11.8 Å². The highest BCUT2D eigenvalue weighted by atomic mass is 35.5. The summed E-state index contributed by atoms with van der Waals surface area (Å²) in [5.41, 5.74) is 4.74. The third-order valence-corrected chi connectivity index (χ3v) is 5.58. The molecule has 3 rings (SSSR count). The number of benzene rings is 3. The maximum atomic E-state index is 12.8. The van der Waals surface area contributed by atoms with Crippen molar-refractivity contribution in [1.82, 2.24) is 10.7 Å². The van der Waals surface area contributed by atoms with Crippen molar-refractivity contribution in [3.63, 3.8) is 0 Å². The van der Waals surface area contributed by atoms with Crippen LogP contribution in [0.4, 0.5) is 0 Å². The zero-order valence-corrected chi connectivity index (χ0v) is 22.0. The summed E-state index contributed by atoms with van der Waals surface area (Å²) >= 11 is 5.90. The Kier molecular flexibility index (Phi) is 10.5. The van der Waals surface area contributed by atoms with Crippen LogP contribution in [0.3, 0.4) is 0 Å². The van der Waals surface area contributed by atoms with Crippen molar-refractivity contribution in [2.45, 2.75) is 39.8 Å². The molecule has 0 saturated carbocycles. The van der Waals surface area contributed by atoms with Crippen molar-refractivity contribution < 1.29 is 19.1 Å². The monoisotopic (exact) mass is 521 g/mol. The summed E-state index contributed by atoms with van der Waals surface area (Å²) in [6.45, 7) is 6.76. The predicted molar refractivity (Wildman–Crippen MR) is 146 cm³/mol. The van der Waals surface area contributed by atoms with Gasteiger partial charge in [0.2, 0.25) is 0 Å². The highest BCUT2D eigenvalue weighted by Gasteiger charge is 2.22. The Morgan fingerprint density at radius 1 is 0.973 bits per heavy atom. The van der Waals surface area contributed by atoms with E-state index in [1.165, 1.54) is 6.21 Å². The molecule has 1 unspecified atom stereocenters. The number of rotatable bonds is 12. The zero-order valence-electron chi connectivity index (χ0n) is 21.2. The van der Waals surface area contributed by atoms with Gasteiger partial charge in [0.1, 0.15) is 12.6 Å². The maximum Gasteiger partial charge on any atom is 0.262 e. The van der Waals surface area contributed by atoms with E-state index in [0.29, 0.717) is 41.7 Å². The number of nitrogens with zero attached hydrogens (tertiary/aromatic N) is 1. The molecular weight excluding hydrogens is 490 g/mol. The van der Waals surface area contributed by atoms with Gasteiger partial charge in [0, 0.05) is 10.6 Å². The van der Waals surface area contributed by atoms with Crippen LogP contribution in [0.25, 0.3) is 0 Å². The Morgan fingerprint density at radius 2 is 1.70 bits per heavy atom. The van der Waals surface area contributed by atoms with E-state index in [9.17, 15) is 9.59 Å². The molecule has 2 N–H and O–H groups in total. The molecule has 3 aromatic carbocycles. The quantitative estimate of drug-likeness (QED) is 0.239. The third kappa shape index (κ3) is 8.95. The van der Waals surface area contributed by atoms with Crippen LogP contribution in [0.2, 0.25) is 5.02 Å². The van der Waals surface area contributed by atoms with E-state index in [4.69, 9.17) is 21.1 Å². The lowest BCUT2D eigenvalue weighted by molar-refractivity contribution is -0.123. The Balaban J connectivity index is 1.63. The Labute approximate surface area is 222 Å². The summed E-state index contributed by atoms with van der Waals surface area (Å²) in [5, 5.41) is 7.42. The molecule has 0 fully saturated rings. The molecule has 3 aromatic rings. The molecule has 0 aliphatic heterocycles. The smallest absolute Gasteiger partial charge is 0.262 e. The van der Waals surface area contributed by atoms with Gasteiger partial charge in [0.25, 0.3) is 11.8 Å². The van der Waals surface area contributed by atoms with Crippen molar-refractivity contribution in [1.29, 1.82) is 0 Å². The molecular formula is C29H32ClN3O4. The molecule has 37 heavy (non-hydrogen) atoms. The first-order valence-corrected chi connectivity index (χ1v) is 12.6. The summed E-state index contributed by atoms with van der Waals surface area (Å²) in [7, 11) is 0. The number of hydrogen-bond acceptors (Lipinski definition) is 5. The summed E-state index contributed by atoms with van der Waals surface area (Å²) in [6.07, 6.45) is 1.98. The van der Waals surface area contributed by atoms with Crippen LogP contribution in [-0.4, -0.2) is 30.7 Å². The van der Waals surface area contributed by atoms with Gasteiger partial charge in [-0.25, -0.2) is 5.43 Å². The average molecular weight is 522 g/mol. The summed E-state index contributed by atoms with van der Waals surface area (Å²) in [4.78, 5) is 25.5. The van der Waals surface area contributed by atoms with E-state index in [1.807, 2.05) is 63.2 Å². The summed E-state index contributed by atoms with van der Waals surface area (Å²) in [5.74, 6) is 0.631. The topological polar surface area (TPSA) is 89.0 Å². The van der Waals surface area contributed by atoms with Crippen molar-refractivity contribution in [3.8, 4) is 11.5 Å². The number of hydrazone groups is 1. The van der Waals surface area contributed by atoms with Gasteiger partial charge >= 0.3 is 0 Å². The lowest BCUT2D eigenvalue weighted by Gasteiger charge is -2.19. The Bertz CT molecular complexity index is 1200. The number of halogens is 1. The second-order valence-corrected chi connectivity index (χ2v) is 9.25. The average Bonchev–Trinajstić information content (AvgIpc) is 2.88. The first-order valence-electron chi connectivity index (χ1n) is 12.2. The fourth-order valence-electron chi connectivity index (χ4n) is 3.52. The minimum absolute atomic E-state index is 0.183. The van der Waals surface area contributed by atoms with Crippen LogP contribution in [-0.2, 0) is 11.4 Å². The van der Waals surface area contributed by atoms with E-state index in [1.54, 1.807) is 30.3 Å². The number of ether oxygens (including phenoxy) is 2. The fourth-order valence-corrected chi connectivity index (χ4v) is 3.65. The number of carbonyl (C=O) groups is 2. The number of carbonyl (C=O) groups excluding carboxylic acids is 2. The number of hydrogen-bond donors (Lipinski definition) is 2. The van der Waals surface area contributed by atoms with Crippen molar-refractivity contribution >= 4 is 29.6 Å². The molecule has 1 atom stereocenters. The molecule has 0 bridgehead atoms. The van der Waals surface area contributed by atoms with Crippen molar-refractivity contribution in [2.75, 3.05) is 6.61 Å². The second kappa shape index (κ2) is 14.0. The molecule has 0 radical (unpaired) electrons. The molecule has 0 heterocycles. The van der Waals surface area contributed by atoms with E-state index < -0.39 is 11.9 Å². The molecule has 194 valence electrons. The molecule has 0 aliphatic carbocycles. The van der Waals surface area contributed by atoms with Crippen LogP contribution in [0, 0.1) is 5.92 Å². The van der Waals surface area contributed by atoms with Gasteiger partial charge in [0.05, 0.1) is 12.8 Å². The molecule has 0 aliphatic rings. The van der Waals surface area contributed by atoms with Gasteiger partial charge in [-0.05, 0) is 72.9 Å².